The lowest BCUT2D eigenvalue weighted by molar-refractivity contribution is 0.292. The molecule has 5 heteroatoms. The Kier molecular flexibility index (Phi) is 4.01. The van der Waals surface area contributed by atoms with Crippen LogP contribution in [-0.4, -0.2) is 9.78 Å². The van der Waals surface area contributed by atoms with Crippen molar-refractivity contribution in [3.8, 4) is 5.75 Å². The minimum Gasteiger partial charge on any atom is -0.487 e. The van der Waals surface area contributed by atoms with Gasteiger partial charge in [-0.05, 0) is 34.5 Å². The molecule has 0 N–H and O–H groups in total. The number of hydrogen-bond donors (Lipinski definition) is 0. The second-order valence-corrected chi connectivity index (χ2v) is 4.72. The third-order valence-electron chi connectivity index (χ3n) is 2.67. The van der Waals surface area contributed by atoms with Gasteiger partial charge in [0, 0.05) is 13.1 Å². The third kappa shape index (κ3) is 2.72. The fourth-order valence-corrected chi connectivity index (χ4v) is 2.42. The highest BCUT2D eigenvalue weighted by Gasteiger charge is 2.12. The van der Waals surface area contributed by atoms with Crippen LogP contribution in [0.5, 0.6) is 5.75 Å². The van der Waals surface area contributed by atoms with E-state index in [1.165, 1.54) is 12.1 Å². The Hall–Kier alpha value is -1.36. The fourth-order valence-electron chi connectivity index (χ4n) is 1.69. The van der Waals surface area contributed by atoms with Gasteiger partial charge >= 0.3 is 0 Å². The largest absolute Gasteiger partial charge is 0.487 e. The number of rotatable bonds is 4. The maximum Gasteiger partial charge on any atom is 0.131 e. The average Bonchev–Trinajstić information content (AvgIpc) is 2.62. The van der Waals surface area contributed by atoms with E-state index in [1.807, 2.05) is 14.0 Å². The van der Waals surface area contributed by atoms with Crippen molar-refractivity contribution >= 4 is 15.9 Å². The summed E-state index contributed by atoms with van der Waals surface area (Å²) in [6, 6.07) is 6.11. The first-order valence-electron chi connectivity index (χ1n) is 5.70. The zero-order valence-corrected chi connectivity index (χ0v) is 11.9. The number of benzene rings is 1. The predicted octanol–water partition coefficient (Wildman–Crippen LogP) is 3.46. The Bertz CT molecular complexity index is 554. The summed E-state index contributed by atoms with van der Waals surface area (Å²) in [5, 5.41) is 4.37. The molecule has 0 aliphatic heterocycles. The van der Waals surface area contributed by atoms with E-state index < -0.39 is 0 Å². The van der Waals surface area contributed by atoms with Gasteiger partial charge in [-0.2, -0.15) is 5.10 Å². The first-order chi connectivity index (χ1) is 8.61. The lowest BCUT2D eigenvalue weighted by Gasteiger charge is -2.07. The Balaban J connectivity index is 2.13. The van der Waals surface area contributed by atoms with E-state index in [2.05, 4.69) is 21.0 Å². The maximum absolute atomic E-state index is 13.0. The molecule has 0 fully saturated rings. The topological polar surface area (TPSA) is 27.1 Å². The van der Waals surface area contributed by atoms with Crippen molar-refractivity contribution in [2.75, 3.05) is 0 Å². The summed E-state index contributed by atoms with van der Waals surface area (Å²) < 4.78 is 21.3. The molecular formula is C13H14BrFN2O. The molecule has 0 radical (unpaired) electrons. The normalized spacial score (nSPS) is 10.7. The highest BCUT2D eigenvalue weighted by molar-refractivity contribution is 9.10. The number of nitrogens with zero attached hydrogens (tertiary/aromatic N) is 2. The number of aryl methyl sites for hydroxylation is 2. The molecule has 1 aromatic heterocycles. The summed E-state index contributed by atoms with van der Waals surface area (Å²) >= 11 is 3.51. The van der Waals surface area contributed by atoms with Gasteiger partial charge in [0.1, 0.15) is 18.2 Å². The van der Waals surface area contributed by atoms with Crippen LogP contribution in [0.2, 0.25) is 0 Å². The van der Waals surface area contributed by atoms with Crippen LogP contribution in [0.3, 0.4) is 0 Å². The van der Waals surface area contributed by atoms with Crippen LogP contribution in [0, 0.1) is 5.82 Å². The quantitative estimate of drug-likeness (QED) is 0.864. The van der Waals surface area contributed by atoms with Crippen molar-refractivity contribution < 1.29 is 9.13 Å². The summed E-state index contributed by atoms with van der Waals surface area (Å²) in [6.45, 7) is 2.40. The smallest absolute Gasteiger partial charge is 0.131 e. The van der Waals surface area contributed by atoms with Crippen LogP contribution in [0.1, 0.15) is 18.3 Å². The van der Waals surface area contributed by atoms with Crippen molar-refractivity contribution in [1.29, 1.82) is 0 Å². The molecule has 0 aliphatic carbocycles. The highest BCUT2D eigenvalue weighted by Crippen LogP contribution is 2.23. The molecule has 0 unspecified atom stereocenters. The summed E-state index contributed by atoms with van der Waals surface area (Å²) in [5.74, 6) is 0.215. The molecular weight excluding hydrogens is 299 g/mol. The lowest BCUT2D eigenvalue weighted by atomic mass is 10.3. The lowest BCUT2D eigenvalue weighted by Crippen LogP contribution is -2.03. The Morgan fingerprint density at radius 3 is 2.83 bits per heavy atom. The van der Waals surface area contributed by atoms with Gasteiger partial charge in [0.2, 0.25) is 0 Å². The zero-order valence-electron chi connectivity index (χ0n) is 10.3. The van der Waals surface area contributed by atoms with Crippen molar-refractivity contribution in [1.82, 2.24) is 9.78 Å². The zero-order chi connectivity index (χ0) is 13.1. The summed E-state index contributed by atoms with van der Waals surface area (Å²) in [4.78, 5) is 0. The van der Waals surface area contributed by atoms with Crippen LogP contribution in [0.25, 0.3) is 0 Å². The SMILES string of the molecule is CCc1nn(C)c(COc2cccc(F)c2)c1Br. The molecule has 18 heavy (non-hydrogen) atoms. The fraction of sp³-hybridized carbons (Fsp3) is 0.308. The molecule has 96 valence electrons. The molecule has 0 spiro atoms. The van der Waals surface area contributed by atoms with Gasteiger partial charge in [0.25, 0.3) is 0 Å². The summed E-state index contributed by atoms with van der Waals surface area (Å²) in [6.07, 6.45) is 0.856. The van der Waals surface area contributed by atoms with E-state index in [0.29, 0.717) is 12.4 Å². The van der Waals surface area contributed by atoms with Crippen LogP contribution in [0.4, 0.5) is 4.39 Å². The molecule has 0 bridgehead atoms. The van der Waals surface area contributed by atoms with Gasteiger partial charge < -0.3 is 4.74 Å². The van der Waals surface area contributed by atoms with E-state index in [9.17, 15) is 4.39 Å². The first-order valence-corrected chi connectivity index (χ1v) is 6.49. The molecule has 1 heterocycles. The van der Waals surface area contributed by atoms with E-state index >= 15 is 0 Å². The molecule has 2 rings (SSSR count). The van der Waals surface area contributed by atoms with Crippen LogP contribution in [-0.2, 0) is 20.1 Å². The van der Waals surface area contributed by atoms with Gasteiger partial charge in [-0.3, -0.25) is 4.68 Å². The van der Waals surface area contributed by atoms with Gasteiger partial charge in [0.05, 0.1) is 15.9 Å². The minimum atomic E-state index is -0.300. The van der Waals surface area contributed by atoms with Crippen LogP contribution >= 0.6 is 15.9 Å². The van der Waals surface area contributed by atoms with E-state index in [-0.39, 0.29) is 5.82 Å². The Morgan fingerprint density at radius 1 is 1.44 bits per heavy atom. The molecule has 0 atom stereocenters. The minimum absolute atomic E-state index is 0.300. The van der Waals surface area contributed by atoms with Crippen molar-refractivity contribution in [3.63, 3.8) is 0 Å². The molecule has 1 aromatic carbocycles. The predicted molar refractivity (Wildman–Crippen MR) is 71.0 cm³/mol. The molecule has 0 saturated heterocycles. The van der Waals surface area contributed by atoms with Crippen molar-refractivity contribution in [2.45, 2.75) is 20.0 Å². The number of aromatic nitrogens is 2. The van der Waals surface area contributed by atoms with Crippen LogP contribution < -0.4 is 4.74 Å². The second-order valence-electron chi connectivity index (χ2n) is 3.93. The standard InChI is InChI=1S/C13H14BrFN2O/c1-3-11-13(14)12(17(2)16-11)8-18-10-6-4-5-9(15)7-10/h4-7H,3,8H2,1-2H3. The molecule has 0 amide bonds. The van der Waals surface area contributed by atoms with Gasteiger partial charge in [0.15, 0.2) is 0 Å². The first kappa shape index (κ1) is 13.1. The number of hydrogen-bond acceptors (Lipinski definition) is 2. The highest BCUT2D eigenvalue weighted by atomic mass is 79.9. The van der Waals surface area contributed by atoms with E-state index in [4.69, 9.17) is 4.74 Å². The molecule has 2 aromatic rings. The molecule has 0 saturated carbocycles. The van der Waals surface area contributed by atoms with Gasteiger partial charge in [-0.25, -0.2) is 4.39 Å². The summed E-state index contributed by atoms with van der Waals surface area (Å²) in [7, 11) is 1.87. The van der Waals surface area contributed by atoms with E-state index in [0.717, 1.165) is 22.3 Å². The molecule has 0 aliphatic rings. The number of halogens is 2. The van der Waals surface area contributed by atoms with Crippen molar-refractivity contribution in [2.24, 2.45) is 7.05 Å². The van der Waals surface area contributed by atoms with Crippen LogP contribution in [0.15, 0.2) is 28.7 Å². The maximum atomic E-state index is 13.0. The van der Waals surface area contributed by atoms with Gasteiger partial charge in [-0.1, -0.05) is 13.0 Å². The average molecular weight is 313 g/mol. The van der Waals surface area contributed by atoms with Crippen molar-refractivity contribution in [3.05, 3.63) is 45.9 Å². The summed E-state index contributed by atoms with van der Waals surface area (Å²) in [5.41, 5.74) is 1.94. The van der Waals surface area contributed by atoms with Gasteiger partial charge in [-0.15, -0.1) is 0 Å². The number of ether oxygens (including phenoxy) is 1. The third-order valence-corrected chi connectivity index (χ3v) is 3.59. The Labute approximate surface area is 114 Å². The van der Waals surface area contributed by atoms with E-state index in [1.54, 1.807) is 16.8 Å². The Morgan fingerprint density at radius 2 is 2.22 bits per heavy atom. The molecule has 3 nitrogen and oxygen atoms in total. The second kappa shape index (κ2) is 5.52. The monoisotopic (exact) mass is 312 g/mol.